The second kappa shape index (κ2) is 5.96. The zero-order chi connectivity index (χ0) is 11.2. The van der Waals surface area contributed by atoms with Crippen molar-refractivity contribution in [3.05, 3.63) is 11.7 Å². The Balaban J connectivity index is 1.85. The SMILES string of the molecule is CNCCCc1noc(C2CCNCC2)n1. The van der Waals surface area contributed by atoms with Crippen LogP contribution in [0.2, 0.25) is 0 Å². The van der Waals surface area contributed by atoms with E-state index >= 15 is 0 Å². The van der Waals surface area contributed by atoms with Gasteiger partial charge in [-0.1, -0.05) is 5.16 Å². The first-order chi connectivity index (χ1) is 7.90. The first kappa shape index (κ1) is 11.5. The van der Waals surface area contributed by atoms with Crippen LogP contribution in [0.15, 0.2) is 4.52 Å². The van der Waals surface area contributed by atoms with E-state index in [-0.39, 0.29) is 0 Å². The number of nitrogens with one attached hydrogen (secondary N) is 2. The Kier molecular flexibility index (Phi) is 4.30. The summed E-state index contributed by atoms with van der Waals surface area (Å²) in [7, 11) is 1.96. The van der Waals surface area contributed by atoms with Crippen molar-refractivity contribution in [1.29, 1.82) is 0 Å². The first-order valence-electron chi connectivity index (χ1n) is 6.08. The Morgan fingerprint density at radius 2 is 2.25 bits per heavy atom. The third kappa shape index (κ3) is 3.02. The Morgan fingerprint density at radius 3 is 3.00 bits per heavy atom. The molecule has 0 aliphatic carbocycles. The lowest BCUT2D eigenvalue weighted by atomic mass is 9.98. The summed E-state index contributed by atoms with van der Waals surface area (Å²) in [6.45, 7) is 3.11. The van der Waals surface area contributed by atoms with Crippen molar-refractivity contribution in [2.75, 3.05) is 26.7 Å². The molecule has 2 heterocycles. The molecule has 16 heavy (non-hydrogen) atoms. The molecule has 0 amide bonds. The van der Waals surface area contributed by atoms with Crippen LogP contribution in [0.25, 0.3) is 0 Å². The van der Waals surface area contributed by atoms with Gasteiger partial charge in [0.05, 0.1) is 0 Å². The lowest BCUT2D eigenvalue weighted by Gasteiger charge is -2.18. The Bertz CT molecular complexity index is 307. The lowest BCUT2D eigenvalue weighted by Crippen LogP contribution is -2.26. The smallest absolute Gasteiger partial charge is 0.229 e. The van der Waals surface area contributed by atoms with Crippen molar-refractivity contribution < 1.29 is 4.52 Å². The van der Waals surface area contributed by atoms with Crippen molar-refractivity contribution in [2.45, 2.75) is 31.6 Å². The molecule has 1 saturated heterocycles. The van der Waals surface area contributed by atoms with Gasteiger partial charge in [0.25, 0.3) is 0 Å². The molecule has 1 aliphatic heterocycles. The third-order valence-corrected chi connectivity index (χ3v) is 3.00. The second-order valence-corrected chi connectivity index (χ2v) is 4.28. The average molecular weight is 224 g/mol. The highest BCUT2D eigenvalue weighted by atomic mass is 16.5. The summed E-state index contributed by atoms with van der Waals surface area (Å²) in [6, 6.07) is 0. The van der Waals surface area contributed by atoms with E-state index < -0.39 is 0 Å². The van der Waals surface area contributed by atoms with Crippen LogP contribution in [-0.2, 0) is 6.42 Å². The van der Waals surface area contributed by atoms with E-state index in [1.807, 2.05) is 7.05 Å². The van der Waals surface area contributed by atoms with Crippen LogP contribution >= 0.6 is 0 Å². The summed E-state index contributed by atoms with van der Waals surface area (Å²) in [4.78, 5) is 4.47. The van der Waals surface area contributed by atoms with Crippen molar-refractivity contribution in [3.63, 3.8) is 0 Å². The van der Waals surface area contributed by atoms with Crippen molar-refractivity contribution in [1.82, 2.24) is 20.8 Å². The van der Waals surface area contributed by atoms with Crippen LogP contribution in [0.1, 0.15) is 36.9 Å². The van der Waals surface area contributed by atoms with Crippen LogP contribution in [0.3, 0.4) is 0 Å². The van der Waals surface area contributed by atoms with Gasteiger partial charge in [0.2, 0.25) is 5.89 Å². The van der Waals surface area contributed by atoms with E-state index in [1.165, 1.54) is 0 Å². The van der Waals surface area contributed by atoms with Gasteiger partial charge in [0.1, 0.15) is 0 Å². The van der Waals surface area contributed by atoms with Crippen molar-refractivity contribution >= 4 is 0 Å². The predicted octanol–water partition coefficient (Wildman–Crippen LogP) is 0.689. The summed E-state index contributed by atoms with van der Waals surface area (Å²) in [5, 5.41) is 10.5. The van der Waals surface area contributed by atoms with Crippen LogP contribution < -0.4 is 10.6 Å². The average Bonchev–Trinajstić information content (AvgIpc) is 2.79. The fourth-order valence-corrected chi connectivity index (χ4v) is 2.03. The van der Waals surface area contributed by atoms with Gasteiger partial charge in [0.15, 0.2) is 5.82 Å². The number of nitrogens with zero attached hydrogens (tertiary/aromatic N) is 2. The largest absolute Gasteiger partial charge is 0.339 e. The topological polar surface area (TPSA) is 63.0 Å². The molecule has 0 aromatic carbocycles. The Morgan fingerprint density at radius 1 is 1.44 bits per heavy atom. The van der Waals surface area contributed by atoms with E-state index in [1.54, 1.807) is 0 Å². The quantitative estimate of drug-likeness (QED) is 0.720. The highest BCUT2D eigenvalue weighted by Crippen LogP contribution is 2.23. The monoisotopic (exact) mass is 224 g/mol. The number of rotatable bonds is 5. The number of piperidine rings is 1. The molecule has 0 bridgehead atoms. The molecule has 2 N–H and O–H groups in total. The molecule has 0 radical (unpaired) electrons. The molecule has 5 nitrogen and oxygen atoms in total. The number of aromatic nitrogens is 2. The maximum Gasteiger partial charge on any atom is 0.229 e. The van der Waals surface area contributed by atoms with Crippen molar-refractivity contribution in [2.24, 2.45) is 0 Å². The highest BCUT2D eigenvalue weighted by molar-refractivity contribution is 4.96. The third-order valence-electron chi connectivity index (χ3n) is 3.00. The maximum absolute atomic E-state index is 5.33. The van der Waals surface area contributed by atoms with Crippen LogP contribution in [0.4, 0.5) is 0 Å². The fourth-order valence-electron chi connectivity index (χ4n) is 2.03. The van der Waals surface area contributed by atoms with Crippen LogP contribution in [0, 0.1) is 0 Å². The zero-order valence-corrected chi connectivity index (χ0v) is 9.83. The van der Waals surface area contributed by atoms with E-state index in [9.17, 15) is 0 Å². The summed E-state index contributed by atoms with van der Waals surface area (Å²) >= 11 is 0. The van der Waals surface area contributed by atoms with Gasteiger partial charge in [-0.05, 0) is 45.9 Å². The highest BCUT2D eigenvalue weighted by Gasteiger charge is 2.20. The molecule has 0 saturated carbocycles. The first-order valence-corrected chi connectivity index (χ1v) is 6.08. The molecule has 1 aromatic rings. The Hall–Kier alpha value is -0.940. The zero-order valence-electron chi connectivity index (χ0n) is 9.83. The minimum absolute atomic E-state index is 0.465. The normalized spacial score (nSPS) is 17.8. The second-order valence-electron chi connectivity index (χ2n) is 4.28. The van der Waals surface area contributed by atoms with Crippen LogP contribution in [-0.4, -0.2) is 36.8 Å². The molecule has 1 aliphatic rings. The Labute approximate surface area is 96.0 Å². The number of hydrogen-bond donors (Lipinski definition) is 2. The van der Waals surface area contributed by atoms with Gasteiger partial charge in [-0.3, -0.25) is 0 Å². The molecule has 0 unspecified atom stereocenters. The van der Waals surface area contributed by atoms with E-state index in [0.717, 1.165) is 57.0 Å². The van der Waals surface area contributed by atoms with Crippen LogP contribution in [0.5, 0.6) is 0 Å². The molecular formula is C11H20N4O. The van der Waals surface area contributed by atoms with E-state index in [4.69, 9.17) is 4.52 Å². The molecule has 1 aromatic heterocycles. The number of hydrogen-bond acceptors (Lipinski definition) is 5. The molecule has 90 valence electrons. The minimum atomic E-state index is 0.465. The van der Waals surface area contributed by atoms with Gasteiger partial charge < -0.3 is 15.2 Å². The van der Waals surface area contributed by atoms with E-state index in [2.05, 4.69) is 20.8 Å². The molecule has 0 atom stereocenters. The summed E-state index contributed by atoms with van der Waals surface area (Å²) in [5.41, 5.74) is 0. The van der Waals surface area contributed by atoms with Gasteiger partial charge >= 0.3 is 0 Å². The molecular weight excluding hydrogens is 204 g/mol. The van der Waals surface area contributed by atoms with Gasteiger partial charge in [-0.25, -0.2) is 0 Å². The van der Waals surface area contributed by atoms with Gasteiger partial charge in [-0.2, -0.15) is 4.98 Å². The number of aryl methyl sites for hydroxylation is 1. The summed E-state index contributed by atoms with van der Waals surface area (Å²) in [5.74, 6) is 2.15. The maximum atomic E-state index is 5.33. The molecule has 2 rings (SSSR count). The fraction of sp³-hybridized carbons (Fsp3) is 0.818. The molecule has 5 heteroatoms. The van der Waals surface area contributed by atoms with Gasteiger partial charge in [0, 0.05) is 12.3 Å². The molecule has 1 fully saturated rings. The predicted molar refractivity (Wildman–Crippen MR) is 61.4 cm³/mol. The van der Waals surface area contributed by atoms with E-state index in [0.29, 0.717) is 5.92 Å². The summed E-state index contributed by atoms with van der Waals surface area (Å²) in [6.07, 6.45) is 4.17. The summed E-state index contributed by atoms with van der Waals surface area (Å²) < 4.78 is 5.33. The minimum Gasteiger partial charge on any atom is -0.339 e. The van der Waals surface area contributed by atoms with Gasteiger partial charge in [-0.15, -0.1) is 0 Å². The molecule has 0 spiro atoms. The lowest BCUT2D eigenvalue weighted by molar-refractivity contribution is 0.318. The van der Waals surface area contributed by atoms with Crippen molar-refractivity contribution in [3.8, 4) is 0 Å². The standard InChI is InChI=1S/C11H20N4O/c1-12-6-2-3-10-14-11(16-15-10)9-4-7-13-8-5-9/h9,12-13H,2-8H2,1H3.